The molecule has 0 aliphatic heterocycles. The summed E-state index contributed by atoms with van der Waals surface area (Å²) in [5, 5.41) is 22.5. The van der Waals surface area contributed by atoms with Crippen molar-refractivity contribution in [2.45, 2.75) is 64.1 Å². The Hall–Kier alpha value is -2.69. The Morgan fingerprint density at radius 1 is 0.889 bits per heavy atom. The summed E-state index contributed by atoms with van der Waals surface area (Å²) in [6, 6.07) is -3.50. The maximum absolute atomic E-state index is 12.4. The fourth-order valence-electron chi connectivity index (χ4n) is 2.21. The van der Waals surface area contributed by atoms with E-state index < -0.39 is 54.2 Å². The molecule has 11 heteroatoms. The Labute approximate surface area is 156 Å². The van der Waals surface area contributed by atoms with Crippen LogP contribution in [0, 0.1) is 5.92 Å². The quantitative estimate of drug-likeness (QED) is 0.220. The molecule has 0 aromatic rings. The average Bonchev–Trinajstić information content (AvgIpc) is 2.54. The van der Waals surface area contributed by atoms with Crippen LogP contribution in [0.1, 0.15) is 46.0 Å². The Balaban J connectivity index is 5.01. The molecule has 0 unspecified atom stereocenters. The zero-order valence-electron chi connectivity index (χ0n) is 15.4. The Morgan fingerprint density at radius 2 is 1.44 bits per heavy atom. The first-order valence-corrected chi connectivity index (χ1v) is 8.53. The van der Waals surface area contributed by atoms with Gasteiger partial charge in [0.1, 0.15) is 12.1 Å². The molecule has 0 radical (unpaired) electrons. The number of hydrogen-bond donors (Lipinski definition) is 6. The Kier molecular flexibility index (Phi) is 10.7. The van der Waals surface area contributed by atoms with Gasteiger partial charge < -0.3 is 32.3 Å². The van der Waals surface area contributed by atoms with Crippen molar-refractivity contribution < 1.29 is 34.2 Å². The fourth-order valence-corrected chi connectivity index (χ4v) is 2.21. The largest absolute Gasteiger partial charge is 0.481 e. The van der Waals surface area contributed by atoms with Crippen LogP contribution in [0.5, 0.6) is 0 Å². The maximum Gasteiger partial charge on any atom is 0.326 e. The van der Waals surface area contributed by atoms with Crippen LogP contribution in [-0.2, 0) is 24.0 Å². The van der Waals surface area contributed by atoms with Crippen LogP contribution < -0.4 is 22.1 Å². The highest BCUT2D eigenvalue weighted by Gasteiger charge is 2.28. The summed E-state index contributed by atoms with van der Waals surface area (Å²) >= 11 is 0. The van der Waals surface area contributed by atoms with Gasteiger partial charge in [0.2, 0.25) is 17.7 Å². The first kappa shape index (κ1) is 24.3. The SMILES string of the molecule is CC(C)C[C@H](NC(=O)[C@@H](N)CCC(N)=O)C(=O)N[C@@H](CCC(=O)O)C(=O)O. The minimum absolute atomic E-state index is 0.00749. The van der Waals surface area contributed by atoms with E-state index in [4.69, 9.17) is 21.7 Å². The second-order valence-electron chi connectivity index (χ2n) is 6.63. The Bertz CT molecular complexity index is 565. The van der Waals surface area contributed by atoms with Gasteiger partial charge in [0, 0.05) is 12.8 Å². The molecule has 27 heavy (non-hydrogen) atoms. The van der Waals surface area contributed by atoms with E-state index in [1.54, 1.807) is 13.8 Å². The molecular weight excluding hydrogens is 360 g/mol. The fraction of sp³-hybridized carbons (Fsp3) is 0.688. The normalized spacial score (nSPS) is 14.1. The summed E-state index contributed by atoms with van der Waals surface area (Å²) in [5.41, 5.74) is 10.7. The monoisotopic (exact) mass is 388 g/mol. The zero-order valence-corrected chi connectivity index (χ0v) is 15.4. The van der Waals surface area contributed by atoms with E-state index >= 15 is 0 Å². The Morgan fingerprint density at radius 3 is 1.89 bits per heavy atom. The van der Waals surface area contributed by atoms with Crippen LogP contribution in [0.15, 0.2) is 0 Å². The van der Waals surface area contributed by atoms with Gasteiger partial charge in [-0.2, -0.15) is 0 Å². The van der Waals surface area contributed by atoms with Crippen molar-refractivity contribution in [3.05, 3.63) is 0 Å². The summed E-state index contributed by atoms with van der Waals surface area (Å²) in [4.78, 5) is 57.1. The molecule has 0 rings (SSSR count). The van der Waals surface area contributed by atoms with Crippen molar-refractivity contribution in [1.82, 2.24) is 10.6 Å². The molecule has 0 bridgehead atoms. The third-order valence-corrected chi connectivity index (χ3v) is 3.64. The summed E-state index contributed by atoms with van der Waals surface area (Å²) in [6.45, 7) is 3.61. The molecule has 0 aliphatic carbocycles. The maximum atomic E-state index is 12.4. The van der Waals surface area contributed by atoms with Crippen molar-refractivity contribution in [2.75, 3.05) is 0 Å². The lowest BCUT2D eigenvalue weighted by Crippen LogP contribution is -2.54. The highest BCUT2D eigenvalue weighted by atomic mass is 16.4. The topological polar surface area (TPSA) is 202 Å². The van der Waals surface area contributed by atoms with E-state index in [0.717, 1.165) is 0 Å². The zero-order chi connectivity index (χ0) is 21.1. The molecule has 0 saturated carbocycles. The standard InChI is InChI=1S/C16H28N4O7/c1-8(2)7-11(20-14(24)9(17)3-5-12(18)21)15(25)19-10(16(26)27)4-6-13(22)23/h8-11H,3-7,17H2,1-2H3,(H2,18,21)(H,19,25)(H,20,24)(H,22,23)(H,26,27)/t9-,10-,11-/m0/s1. The molecule has 0 spiro atoms. The molecule has 3 amide bonds. The van der Waals surface area contributed by atoms with Crippen LogP contribution in [0.4, 0.5) is 0 Å². The van der Waals surface area contributed by atoms with E-state index in [9.17, 15) is 24.0 Å². The molecule has 0 heterocycles. The molecule has 3 atom stereocenters. The molecular formula is C16H28N4O7. The molecule has 0 fully saturated rings. The first-order valence-electron chi connectivity index (χ1n) is 8.53. The highest BCUT2D eigenvalue weighted by molar-refractivity contribution is 5.92. The predicted molar refractivity (Wildman–Crippen MR) is 94.2 cm³/mol. The van der Waals surface area contributed by atoms with Gasteiger partial charge >= 0.3 is 11.9 Å². The molecule has 0 aromatic heterocycles. The number of carbonyl (C=O) groups excluding carboxylic acids is 3. The minimum Gasteiger partial charge on any atom is -0.481 e. The third-order valence-electron chi connectivity index (χ3n) is 3.64. The molecule has 11 nitrogen and oxygen atoms in total. The van der Waals surface area contributed by atoms with Gasteiger partial charge in [0.15, 0.2) is 0 Å². The van der Waals surface area contributed by atoms with Crippen molar-refractivity contribution in [3.63, 3.8) is 0 Å². The van der Waals surface area contributed by atoms with Gasteiger partial charge in [-0.3, -0.25) is 19.2 Å². The number of amides is 3. The number of nitrogens with one attached hydrogen (secondary N) is 2. The lowest BCUT2D eigenvalue weighted by Gasteiger charge is -2.24. The van der Waals surface area contributed by atoms with Gasteiger partial charge in [0.05, 0.1) is 6.04 Å². The van der Waals surface area contributed by atoms with Crippen molar-refractivity contribution in [1.29, 1.82) is 0 Å². The highest BCUT2D eigenvalue weighted by Crippen LogP contribution is 2.08. The number of aliphatic carboxylic acids is 2. The first-order chi connectivity index (χ1) is 12.4. The van der Waals surface area contributed by atoms with Crippen LogP contribution in [0.3, 0.4) is 0 Å². The van der Waals surface area contributed by atoms with E-state index in [1.165, 1.54) is 0 Å². The second kappa shape index (κ2) is 11.8. The van der Waals surface area contributed by atoms with Crippen molar-refractivity contribution in [3.8, 4) is 0 Å². The summed E-state index contributed by atoms with van der Waals surface area (Å²) in [7, 11) is 0. The van der Waals surface area contributed by atoms with E-state index in [1.807, 2.05) is 0 Å². The molecule has 0 aliphatic rings. The number of carboxylic acid groups (broad SMARTS) is 2. The number of carboxylic acids is 2. The van der Waals surface area contributed by atoms with Crippen LogP contribution in [-0.4, -0.2) is 58.0 Å². The van der Waals surface area contributed by atoms with Crippen molar-refractivity contribution in [2.24, 2.45) is 17.4 Å². The van der Waals surface area contributed by atoms with Gasteiger partial charge in [0.25, 0.3) is 0 Å². The van der Waals surface area contributed by atoms with Crippen molar-refractivity contribution >= 4 is 29.7 Å². The molecule has 154 valence electrons. The van der Waals surface area contributed by atoms with E-state index in [-0.39, 0.29) is 31.6 Å². The summed E-state index contributed by atoms with van der Waals surface area (Å²) in [6.07, 6.45) is -0.599. The predicted octanol–water partition coefficient (Wildman–Crippen LogP) is -1.46. The van der Waals surface area contributed by atoms with Gasteiger partial charge in [-0.1, -0.05) is 13.8 Å². The number of hydrogen-bond acceptors (Lipinski definition) is 6. The van der Waals surface area contributed by atoms with Gasteiger partial charge in [-0.15, -0.1) is 0 Å². The molecule has 0 aromatic carbocycles. The van der Waals surface area contributed by atoms with Crippen LogP contribution in [0.2, 0.25) is 0 Å². The van der Waals surface area contributed by atoms with Gasteiger partial charge in [-0.05, 0) is 25.2 Å². The number of carbonyl (C=O) groups is 5. The smallest absolute Gasteiger partial charge is 0.326 e. The lowest BCUT2D eigenvalue weighted by molar-refractivity contribution is -0.143. The average molecular weight is 388 g/mol. The van der Waals surface area contributed by atoms with Crippen LogP contribution >= 0.6 is 0 Å². The number of primary amides is 1. The number of rotatable bonds is 13. The molecule has 8 N–H and O–H groups in total. The molecule has 0 saturated heterocycles. The van der Waals surface area contributed by atoms with Crippen LogP contribution in [0.25, 0.3) is 0 Å². The third kappa shape index (κ3) is 10.8. The summed E-state index contributed by atoms with van der Waals surface area (Å²) in [5.74, 6) is -4.62. The number of nitrogens with two attached hydrogens (primary N) is 2. The van der Waals surface area contributed by atoms with E-state index in [2.05, 4.69) is 10.6 Å². The van der Waals surface area contributed by atoms with E-state index in [0.29, 0.717) is 0 Å². The second-order valence-corrected chi connectivity index (χ2v) is 6.63. The lowest BCUT2D eigenvalue weighted by atomic mass is 10.0. The summed E-state index contributed by atoms with van der Waals surface area (Å²) < 4.78 is 0. The van der Waals surface area contributed by atoms with Gasteiger partial charge in [-0.25, -0.2) is 4.79 Å². The minimum atomic E-state index is -1.40.